The molecule has 0 amide bonds. The molecule has 6 nitrogen and oxygen atoms in total. The zero-order valence-corrected chi connectivity index (χ0v) is 14.7. The number of halogens is 3. The van der Waals surface area contributed by atoms with Crippen molar-refractivity contribution in [3.63, 3.8) is 0 Å². The van der Waals surface area contributed by atoms with Crippen LogP contribution in [0, 0.1) is 12.7 Å². The molecule has 0 radical (unpaired) electrons. The van der Waals surface area contributed by atoms with Crippen LogP contribution in [0.3, 0.4) is 0 Å². The molecule has 28 heavy (non-hydrogen) atoms. The number of aryl methyl sites for hydroxylation is 1. The summed E-state index contributed by atoms with van der Waals surface area (Å²) >= 11 is 0. The number of aromatic nitrogens is 5. The highest BCUT2D eigenvalue weighted by molar-refractivity contribution is 5.58. The minimum absolute atomic E-state index is 0.164. The highest BCUT2D eigenvalue weighted by Gasteiger charge is 2.18. The summed E-state index contributed by atoms with van der Waals surface area (Å²) in [4.78, 5) is 0. The lowest BCUT2D eigenvalue weighted by Gasteiger charge is -2.04. The van der Waals surface area contributed by atoms with Gasteiger partial charge in [-0.1, -0.05) is 35.0 Å². The molecule has 0 unspecified atom stereocenters. The first kappa shape index (κ1) is 17.9. The molecule has 0 fully saturated rings. The van der Waals surface area contributed by atoms with E-state index in [0.717, 1.165) is 17.2 Å². The van der Waals surface area contributed by atoms with E-state index in [0.29, 0.717) is 11.3 Å². The molecule has 0 aliphatic heterocycles. The predicted molar refractivity (Wildman–Crippen MR) is 93.9 cm³/mol. The maximum absolute atomic E-state index is 14.5. The monoisotopic (exact) mass is 385 g/mol. The molecule has 0 bridgehead atoms. The van der Waals surface area contributed by atoms with Crippen LogP contribution in [-0.4, -0.2) is 25.2 Å². The Hall–Kier alpha value is -3.49. The third-order valence-corrected chi connectivity index (χ3v) is 4.11. The van der Waals surface area contributed by atoms with Gasteiger partial charge < -0.3 is 4.42 Å². The summed E-state index contributed by atoms with van der Waals surface area (Å²) in [6, 6.07) is 12.0. The van der Waals surface area contributed by atoms with Gasteiger partial charge in [0.05, 0.1) is 12.7 Å². The van der Waals surface area contributed by atoms with Crippen molar-refractivity contribution in [2.45, 2.75) is 19.9 Å². The Morgan fingerprint density at radius 1 is 1.04 bits per heavy atom. The van der Waals surface area contributed by atoms with Crippen LogP contribution in [0.15, 0.2) is 53.1 Å². The van der Waals surface area contributed by atoms with Gasteiger partial charge in [0.2, 0.25) is 5.89 Å². The van der Waals surface area contributed by atoms with E-state index in [4.69, 9.17) is 4.42 Å². The van der Waals surface area contributed by atoms with Gasteiger partial charge in [-0.15, -0.1) is 15.3 Å². The fourth-order valence-corrected chi connectivity index (χ4v) is 2.73. The Balaban J connectivity index is 1.54. The zero-order valence-electron chi connectivity index (χ0n) is 14.7. The fraction of sp³-hybridized carbons (Fsp3) is 0.158. The molecular weight excluding hydrogens is 371 g/mol. The number of hydrogen-bond donors (Lipinski definition) is 0. The molecule has 142 valence electrons. The predicted octanol–water partition coefficient (Wildman–Crippen LogP) is 4.43. The van der Waals surface area contributed by atoms with Crippen molar-refractivity contribution < 1.29 is 17.6 Å². The van der Waals surface area contributed by atoms with Crippen molar-refractivity contribution in [3.8, 4) is 22.7 Å². The molecule has 0 saturated heterocycles. The molecule has 2 heterocycles. The van der Waals surface area contributed by atoms with E-state index >= 15 is 0 Å². The van der Waals surface area contributed by atoms with Crippen LogP contribution in [0.25, 0.3) is 22.7 Å². The molecular formula is C19H14F3N5O. The minimum Gasteiger partial charge on any atom is -0.415 e. The first-order chi connectivity index (χ1) is 13.5. The second-order valence-electron chi connectivity index (χ2n) is 6.22. The molecule has 0 N–H and O–H groups in total. The van der Waals surface area contributed by atoms with E-state index < -0.39 is 18.1 Å². The number of hydrogen-bond acceptors (Lipinski definition) is 5. The molecule has 0 aliphatic rings. The smallest absolute Gasteiger partial charge is 0.314 e. The summed E-state index contributed by atoms with van der Waals surface area (Å²) in [6.45, 7) is 2.15. The van der Waals surface area contributed by atoms with Crippen LogP contribution in [0.2, 0.25) is 0 Å². The largest absolute Gasteiger partial charge is 0.415 e. The first-order valence-electron chi connectivity index (χ1n) is 8.37. The maximum atomic E-state index is 14.5. The highest BCUT2D eigenvalue weighted by atomic mass is 19.3. The van der Waals surface area contributed by atoms with E-state index in [1.54, 1.807) is 6.20 Å². The Morgan fingerprint density at radius 2 is 1.89 bits per heavy atom. The van der Waals surface area contributed by atoms with Crippen molar-refractivity contribution in [1.29, 1.82) is 0 Å². The average molecular weight is 385 g/mol. The number of alkyl halides is 2. The Bertz CT molecular complexity index is 1120. The molecule has 2 aromatic heterocycles. The molecule has 0 saturated carbocycles. The molecule has 0 spiro atoms. The van der Waals surface area contributed by atoms with E-state index in [-0.39, 0.29) is 18.0 Å². The summed E-state index contributed by atoms with van der Waals surface area (Å²) in [6.07, 6.45) is -1.14. The molecule has 9 heteroatoms. The third kappa shape index (κ3) is 3.64. The van der Waals surface area contributed by atoms with Crippen LogP contribution in [0.5, 0.6) is 0 Å². The van der Waals surface area contributed by atoms with Gasteiger partial charge in [0.15, 0.2) is 0 Å². The van der Waals surface area contributed by atoms with Crippen LogP contribution in [-0.2, 0) is 6.54 Å². The van der Waals surface area contributed by atoms with E-state index in [1.165, 1.54) is 16.8 Å². The second-order valence-corrected chi connectivity index (χ2v) is 6.22. The van der Waals surface area contributed by atoms with Gasteiger partial charge in [0.25, 0.3) is 5.89 Å². The van der Waals surface area contributed by atoms with Crippen LogP contribution >= 0.6 is 0 Å². The third-order valence-electron chi connectivity index (χ3n) is 4.11. The van der Waals surface area contributed by atoms with Gasteiger partial charge in [0, 0.05) is 16.7 Å². The lowest BCUT2D eigenvalue weighted by Crippen LogP contribution is -2.03. The van der Waals surface area contributed by atoms with Crippen molar-refractivity contribution in [1.82, 2.24) is 25.2 Å². The zero-order chi connectivity index (χ0) is 19.7. The van der Waals surface area contributed by atoms with Crippen molar-refractivity contribution >= 4 is 0 Å². The summed E-state index contributed by atoms with van der Waals surface area (Å²) < 4.78 is 45.9. The quantitative estimate of drug-likeness (QED) is 0.508. The van der Waals surface area contributed by atoms with Gasteiger partial charge in [-0.2, -0.15) is 8.78 Å². The maximum Gasteiger partial charge on any atom is 0.314 e. The lowest BCUT2D eigenvalue weighted by molar-refractivity contribution is 0.116. The van der Waals surface area contributed by atoms with Gasteiger partial charge in [-0.3, -0.25) is 0 Å². The summed E-state index contributed by atoms with van der Waals surface area (Å²) in [5.41, 5.74) is 3.29. The van der Waals surface area contributed by atoms with Crippen molar-refractivity contribution in [2.24, 2.45) is 0 Å². The van der Waals surface area contributed by atoms with Crippen molar-refractivity contribution in [3.05, 3.63) is 71.5 Å². The average Bonchev–Trinajstić information content (AvgIpc) is 3.33. The molecule has 4 rings (SSSR count). The van der Waals surface area contributed by atoms with Gasteiger partial charge >= 0.3 is 6.43 Å². The summed E-state index contributed by atoms with van der Waals surface area (Å²) in [5.74, 6) is -1.50. The SMILES string of the molecule is Cc1cccc(-c2cn(Cc3ccc(-c4nnc(C(F)F)o4)cc3F)nn2)c1. The molecule has 4 aromatic rings. The normalized spacial score (nSPS) is 11.3. The van der Waals surface area contributed by atoms with E-state index in [2.05, 4.69) is 20.5 Å². The molecule has 2 aromatic carbocycles. The van der Waals surface area contributed by atoms with Gasteiger partial charge in [0.1, 0.15) is 11.5 Å². The Labute approximate surface area is 157 Å². The van der Waals surface area contributed by atoms with E-state index in [1.807, 2.05) is 31.2 Å². The van der Waals surface area contributed by atoms with Crippen molar-refractivity contribution in [2.75, 3.05) is 0 Å². The van der Waals surface area contributed by atoms with Crippen LogP contribution in [0.1, 0.15) is 23.4 Å². The Kier molecular flexibility index (Phi) is 4.64. The Morgan fingerprint density at radius 3 is 2.61 bits per heavy atom. The molecule has 0 aliphatic carbocycles. The number of benzene rings is 2. The summed E-state index contributed by atoms with van der Waals surface area (Å²) in [7, 11) is 0. The fourth-order valence-electron chi connectivity index (χ4n) is 2.73. The highest BCUT2D eigenvalue weighted by Crippen LogP contribution is 2.25. The van der Waals surface area contributed by atoms with Gasteiger partial charge in [-0.25, -0.2) is 9.07 Å². The second kappa shape index (κ2) is 7.26. The topological polar surface area (TPSA) is 69.6 Å². The molecule has 0 atom stereocenters. The van der Waals surface area contributed by atoms with E-state index in [9.17, 15) is 13.2 Å². The lowest BCUT2D eigenvalue weighted by atomic mass is 10.1. The minimum atomic E-state index is -2.87. The van der Waals surface area contributed by atoms with Crippen LogP contribution in [0.4, 0.5) is 13.2 Å². The van der Waals surface area contributed by atoms with Gasteiger partial charge in [-0.05, 0) is 25.1 Å². The standard InChI is InChI=1S/C19H14F3N5O/c1-11-3-2-4-12(7-11)16-10-27(26-23-16)9-14-6-5-13(8-15(14)20)18-24-25-19(28-18)17(21)22/h2-8,10,17H,9H2,1H3. The number of rotatable bonds is 5. The first-order valence-corrected chi connectivity index (χ1v) is 8.37. The summed E-state index contributed by atoms with van der Waals surface area (Å²) in [5, 5.41) is 14.9. The van der Waals surface area contributed by atoms with Crippen LogP contribution < -0.4 is 0 Å². The number of nitrogens with zero attached hydrogens (tertiary/aromatic N) is 5.